The molecule has 106 valence electrons. The van der Waals surface area contributed by atoms with Crippen LogP contribution < -0.4 is 5.32 Å². The number of hydrogen-bond donors (Lipinski definition) is 1. The molecule has 0 heterocycles. The Morgan fingerprint density at radius 2 is 1.79 bits per heavy atom. The highest BCUT2D eigenvalue weighted by Crippen LogP contribution is 2.29. The zero-order valence-corrected chi connectivity index (χ0v) is 11.5. The SMILES string of the molecule is CCC(=Cc1ccc(C(F)(F)F)cc1)CNC(C)C. The number of halogens is 3. The summed E-state index contributed by atoms with van der Waals surface area (Å²) in [6.45, 7) is 6.92. The Hall–Kier alpha value is -1.29. The van der Waals surface area contributed by atoms with Gasteiger partial charge in [-0.3, -0.25) is 0 Å². The predicted octanol–water partition coefficient (Wildman–Crippen LogP) is 4.50. The molecule has 0 atom stereocenters. The van der Waals surface area contributed by atoms with Gasteiger partial charge < -0.3 is 5.32 Å². The van der Waals surface area contributed by atoms with Crippen molar-refractivity contribution in [3.63, 3.8) is 0 Å². The molecule has 19 heavy (non-hydrogen) atoms. The zero-order valence-electron chi connectivity index (χ0n) is 11.5. The first kappa shape index (κ1) is 15.8. The lowest BCUT2D eigenvalue weighted by atomic mass is 10.1. The van der Waals surface area contributed by atoms with Gasteiger partial charge in [0.15, 0.2) is 0 Å². The van der Waals surface area contributed by atoms with E-state index in [0.717, 1.165) is 30.7 Å². The van der Waals surface area contributed by atoms with Crippen LogP contribution in [0.2, 0.25) is 0 Å². The van der Waals surface area contributed by atoms with E-state index in [-0.39, 0.29) is 0 Å². The number of rotatable bonds is 5. The fourth-order valence-electron chi connectivity index (χ4n) is 1.62. The van der Waals surface area contributed by atoms with Crippen molar-refractivity contribution < 1.29 is 13.2 Å². The number of alkyl halides is 3. The summed E-state index contributed by atoms with van der Waals surface area (Å²) in [6.07, 6.45) is -1.45. The van der Waals surface area contributed by atoms with Crippen LogP contribution >= 0.6 is 0 Å². The molecule has 1 N–H and O–H groups in total. The van der Waals surface area contributed by atoms with Crippen molar-refractivity contribution in [2.24, 2.45) is 0 Å². The molecular weight excluding hydrogens is 251 g/mol. The Morgan fingerprint density at radius 3 is 2.21 bits per heavy atom. The second-order valence-electron chi connectivity index (χ2n) is 4.81. The summed E-state index contributed by atoms with van der Waals surface area (Å²) in [6, 6.07) is 5.65. The summed E-state index contributed by atoms with van der Waals surface area (Å²) in [5, 5.41) is 3.30. The number of nitrogens with one attached hydrogen (secondary N) is 1. The van der Waals surface area contributed by atoms with Gasteiger partial charge in [0.1, 0.15) is 0 Å². The van der Waals surface area contributed by atoms with Gasteiger partial charge in [0.25, 0.3) is 0 Å². The molecule has 1 nitrogen and oxygen atoms in total. The molecule has 0 saturated carbocycles. The van der Waals surface area contributed by atoms with E-state index in [4.69, 9.17) is 0 Å². The quantitative estimate of drug-likeness (QED) is 0.831. The van der Waals surface area contributed by atoms with E-state index in [9.17, 15) is 13.2 Å². The van der Waals surface area contributed by atoms with Crippen molar-refractivity contribution in [2.45, 2.75) is 39.4 Å². The molecule has 4 heteroatoms. The maximum absolute atomic E-state index is 12.4. The highest BCUT2D eigenvalue weighted by molar-refractivity contribution is 5.53. The third-order valence-electron chi connectivity index (χ3n) is 2.80. The summed E-state index contributed by atoms with van der Waals surface area (Å²) >= 11 is 0. The summed E-state index contributed by atoms with van der Waals surface area (Å²) in [5.74, 6) is 0. The summed E-state index contributed by atoms with van der Waals surface area (Å²) < 4.78 is 37.3. The molecule has 0 aliphatic heterocycles. The van der Waals surface area contributed by atoms with Crippen molar-refractivity contribution in [1.29, 1.82) is 0 Å². The van der Waals surface area contributed by atoms with Crippen LogP contribution in [0.15, 0.2) is 29.8 Å². The standard InChI is InChI=1S/C15H20F3N/c1-4-12(10-19-11(2)3)9-13-5-7-14(8-6-13)15(16,17)18/h5-9,11,19H,4,10H2,1-3H3. The van der Waals surface area contributed by atoms with Crippen molar-refractivity contribution >= 4 is 6.08 Å². The Kier molecular flexibility index (Phi) is 5.60. The summed E-state index contributed by atoms with van der Waals surface area (Å²) in [4.78, 5) is 0. The van der Waals surface area contributed by atoms with Crippen LogP contribution in [0.1, 0.15) is 38.3 Å². The van der Waals surface area contributed by atoms with E-state index in [1.165, 1.54) is 17.7 Å². The normalized spacial score (nSPS) is 13.1. The lowest BCUT2D eigenvalue weighted by Gasteiger charge is -2.11. The minimum absolute atomic E-state index is 0.391. The van der Waals surface area contributed by atoms with E-state index in [0.29, 0.717) is 6.04 Å². The van der Waals surface area contributed by atoms with Gasteiger partial charge >= 0.3 is 6.18 Å². The van der Waals surface area contributed by atoms with Gasteiger partial charge in [-0.05, 0) is 24.1 Å². The van der Waals surface area contributed by atoms with Gasteiger partial charge in [-0.15, -0.1) is 0 Å². The van der Waals surface area contributed by atoms with E-state index in [1.807, 2.05) is 13.0 Å². The van der Waals surface area contributed by atoms with Gasteiger partial charge in [0.05, 0.1) is 5.56 Å². The molecule has 0 unspecified atom stereocenters. The first-order valence-corrected chi connectivity index (χ1v) is 6.43. The molecule has 0 aliphatic rings. The molecular formula is C15H20F3N. The Bertz CT molecular complexity index is 416. The zero-order chi connectivity index (χ0) is 14.5. The predicted molar refractivity (Wildman–Crippen MR) is 72.9 cm³/mol. The Balaban J connectivity index is 2.79. The highest BCUT2D eigenvalue weighted by Gasteiger charge is 2.29. The lowest BCUT2D eigenvalue weighted by Crippen LogP contribution is -2.24. The molecule has 0 bridgehead atoms. The van der Waals surface area contributed by atoms with Crippen LogP contribution in [0.25, 0.3) is 6.08 Å². The molecule has 0 radical (unpaired) electrons. The maximum atomic E-state index is 12.4. The van der Waals surface area contributed by atoms with E-state index < -0.39 is 11.7 Å². The molecule has 0 aromatic heterocycles. The van der Waals surface area contributed by atoms with Gasteiger partial charge in [-0.25, -0.2) is 0 Å². The highest BCUT2D eigenvalue weighted by atomic mass is 19.4. The summed E-state index contributed by atoms with van der Waals surface area (Å²) in [7, 11) is 0. The van der Waals surface area contributed by atoms with Crippen molar-refractivity contribution in [1.82, 2.24) is 5.32 Å². The molecule has 0 spiro atoms. The molecule has 0 amide bonds. The average Bonchev–Trinajstić information content (AvgIpc) is 2.33. The monoisotopic (exact) mass is 271 g/mol. The first-order valence-electron chi connectivity index (χ1n) is 6.43. The van der Waals surface area contributed by atoms with Crippen molar-refractivity contribution in [2.75, 3.05) is 6.54 Å². The fourth-order valence-corrected chi connectivity index (χ4v) is 1.62. The molecule has 1 rings (SSSR count). The van der Waals surface area contributed by atoms with E-state index >= 15 is 0 Å². The molecule has 0 fully saturated rings. The van der Waals surface area contributed by atoms with E-state index in [1.54, 1.807) is 0 Å². The number of benzene rings is 1. The minimum atomic E-state index is -4.27. The second-order valence-corrected chi connectivity index (χ2v) is 4.81. The number of hydrogen-bond acceptors (Lipinski definition) is 1. The third kappa shape index (κ3) is 5.47. The van der Waals surface area contributed by atoms with Crippen molar-refractivity contribution in [3.05, 3.63) is 41.0 Å². The molecule has 0 aliphatic carbocycles. The lowest BCUT2D eigenvalue weighted by molar-refractivity contribution is -0.137. The summed E-state index contributed by atoms with van der Waals surface area (Å²) in [5.41, 5.74) is 1.37. The molecule has 1 aromatic rings. The van der Waals surface area contributed by atoms with E-state index in [2.05, 4.69) is 19.2 Å². The smallest absolute Gasteiger partial charge is 0.311 e. The Morgan fingerprint density at radius 1 is 1.21 bits per heavy atom. The second kappa shape index (κ2) is 6.75. The molecule has 0 saturated heterocycles. The third-order valence-corrected chi connectivity index (χ3v) is 2.80. The van der Waals surface area contributed by atoms with Gasteiger partial charge in [-0.1, -0.05) is 44.6 Å². The van der Waals surface area contributed by atoms with Gasteiger partial charge in [0.2, 0.25) is 0 Å². The minimum Gasteiger partial charge on any atom is -0.311 e. The maximum Gasteiger partial charge on any atom is 0.416 e. The van der Waals surface area contributed by atoms with Crippen LogP contribution in [0.5, 0.6) is 0 Å². The van der Waals surface area contributed by atoms with Crippen molar-refractivity contribution in [3.8, 4) is 0 Å². The van der Waals surface area contributed by atoms with Crippen LogP contribution in [-0.2, 0) is 6.18 Å². The largest absolute Gasteiger partial charge is 0.416 e. The van der Waals surface area contributed by atoms with Gasteiger partial charge in [0, 0.05) is 12.6 Å². The van der Waals surface area contributed by atoms with Gasteiger partial charge in [-0.2, -0.15) is 13.2 Å². The average molecular weight is 271 g/mol. The first-order chi connectivity index (χ1) is 8.82. The Labute approximate surface area is 112 Å². The van der Waals surface area contributed by atoms with Crippen LogP contribution in [0.3, 0.4) is 0 Å². The van der Waals surface area contributed by atoms with Crippen LogP contribution in [-0.4, -0.2) is 12.6 Å². The topological polar surface area (TPSA) is 12.0 Å². The van der Waals surface area contributed by atoms with Crippen LogP contribution in [0.4, 0.5) is 13.2 Å². The van der Waals surface area contributed by atoms with Crippen LogP contribution in [0, 0.1) is 0 Å². The molecule has 1 aromatic carbocycles. The fraction of sp³-hybridized carbons (Fsp3) is 0.467.